The summed E-state index contributed by atoms with van der Waals surface area (Å²) in [4.78, 5) is 0. The third kappa shape index (κ3) is 6.04. The highest BCUT2D eigenvalue weighted by atomic mass is 15.0. The molecule has 2 aromatic heterocycles. The van der Waals surface area contributed by atoms with Gasteiger partial charge in [-0.1, -0.05) is 172 Å². The predicted octanol–water partition coefficient (Wildman–Crippen LogP) is 2.36. The summed E-state index contributed by atoms with van der Waals surface area (Å²) < 4.78 is 5.05. The molecule has 0 saturated carbocycles. The summed E-state index contributed by atoms with van der Waals surface area (Å²) in [6.07, 6.45) is 0. The number of para-hydroxylation sites is 1. The molecule has 0 aliphatic carbocycles. The van der Waals surface area contributed by atoms with E-state index in [1.165, 1.54) is 132 Å². The van der Waals surface area contributed by atoms with Crippen molar-refractivity contribution in [3.8, 4) is 55.9 Å². The lowest BCUT2D eigenvalue weighted by molar-refractivity contribution is 1.18. The molecule has 0 fully saturated rings. The van der Waals surface area contributed by atoms with E-state index in [9.17, 15) is 0 Å². The standard InChI is InChI=1S/C54H43B7N2/c55-45-42(46(56)50(60)53-43(45)44-47(57)48(58)49(59)51(61)54(44)63(53)37-26-21-33(22-27-37)31-13-6-2-7-14-31)35-23-28-41-40(29-35)39-18-10-17-38(34-15-8-3-9-16-34)52(39)62(41)36-24-19-32(20-25-36)30-11-4-1-5-12-30/h1-29H,55-61H2. The van der Waals surface area contributed by atoms with Crippen LogP contribution in [0.4, 0.5) is 0 Å². The molecule has 0 radical (unpaired) electrons. The fraction of sp³-hybridized carbons (Fsp3) is 0. The highest BCUT2D eigenvalue weighted by Gasteiger charge is 2.25. The maximum absolute atomic E-state index is 2.57. The van der Waals surface area contributed by atoms with E-state index in [2.05, 4.69) is 240 Å². The number of hydrogen-bond donors (Lipinski definition) is 0. The van der Waals surface area contributed by atoms with Crippen LogP contribution in [0.2, 0.25) is 0 Å². The molecule has 0 spiro atoms. The van der Waals surface area contributed by atoms with Crippen molar-refractivity contribution in [2.75, 3.05) is 0 Å². The Morgan fingerprint density at radius 3 is 1.32 bits per heavy atom. The summed E-state index contributed by atoms with van der Waals surface area (Å²) in [5.41, 5.74) is 26.7. The van der Waals surface area contributed by atoms with Gasteiger partial charge in [0.05, 0.1) is 11.0 Å². The molecule has 0 N–H and O–H groups in total. The molecule has 2 nitrogen and oxygen atoms in total. The summed E-state index contributed by atoms with van der Waals surface area (Å²) in [6, 6.07) is 64.4. The molecule has 2 heterocycles. The molecule has 11 aromatic rings. The molecule has 290 valence electrons. The summed E-state index contributed by atoms with van der Waals surface area (Å²) in [6.45, 7) is 0. The summed E-state index contributed by atoms with van der Waals surface area (Å²) in [5, 5.41) is 5.22. The van der Waals surface area contributed by atoms with E-state index in [1.807, 2.05) is 0 Å². The van der Waals surface area contributed by atoms with Crippen LogP contribution in [0.25, 0.3) is 99.5 Å². The number of fused-ring (bicyclic) bond motifs is 6. The van der Waals surface area contributed by atoms with E-state index < -0.39 is 0 Å². The molecule has 9 aromatic carbocycles. The van der Waals surface area contributed by atoms with Crippen LogP contribution in [-0.4, -0.2) is 64.1 Å². The first-order chi connectivity index (χ1) is 30.7. The normalized spacial score (nSPS) is 11.6. The van der Waals surface area contributed by atoms with Gasteiger partial charge >= 0.3 is 0 Å². The zero-order valence-electron chi connectivity index (χ0n) is 37.1. The van der Waals surface area contributed by atoms with Crippen LogP contribution in [-0.2, 0) is 0 Å². The Morgan fingerprint density at radius 2 is 0.746 bits per heavy atom. The first kappa shape index (κ1) is 38.9. The Bertz CT molecular complexity index is 3600. The van der Waals surface area contributed by atoms with Gasteiger partial charge in [-0.05, 0) is 80.7 Å². The van der Waals surface area contributed by atoms with Gasteiger partial charge in [0.25, 0.3) is 0 Å². The average molecular weight is 796 g/mol. The largest absolute Gasteiger partial charge is 0.310 e. The second-order valence-electron chi connectivity index (χ2n) is 17.5. The fourth-order valence-electron chi connectivity index (χ4n) is 10.6. The van der Waals surface area contributed by atoms with E-state index in [1.54, 1.807) is 0 Å². The lowest BCUT2D eigenvalue weighted by Gasteiger charge is -2.19. The van der Waals surface area contributed by atoms with Crippen LogP contribution in [0.15, 0.2) is 176 Å². The molecule has 0 unspecified atom stereocenters. The average Bonchev–Trinajstić information content (AvgIpc) is 3.87. The lowest BCUT2D eigenvalue weighted by Crippen LogP contribution is -2.48. The van der Waals surface area contributed by atoms with Crippen molar-refractivity contribution in [2.24, 2.45) is 0 Å². The van der Waals surface area contributed by atoms with E-state index >= 15 is 0 Å². The van der Waals surface area contributed by atoms with Crippen LogP contribution in [0.5, 0.6) is 0 Å². The smallest absolute Gasteiger partial charge is 0.141 e. The third-order valence-corrected chi connectivity index (χ3v) is 14.3. The summed E-state index contributed by atoms with van der Waals surface area (Å²) >= 11 is 0. The zero-order chi connectivity index (χ0) is 43.1. The van der Waals surface area contributed by atoms with Crippen molar-refractivity contribution in [3.05, 3.63) is 176 Å². The Labute approximate surface area is 375 Å². The van der Waals surface area contributed by atoms with E-state index in [-0.39, 0.29) is 0 Å². The van der Waals surface area contributed by atoms with E-state index in [0.717, 1.165) is 5.69 Å². The van der Waals surface area contributed by atoms with Crippen molar-refractivity contribution in [1.29, 1.82) is 0 Å². The van der Waals surface area contributed by atoms with Gasteiger partial charge in [0.1, 0.15) is 54.9 Å². The molecule has 0 bridgehead atoms. The van der Waals surface area contributed by atoms with Crippen molar-refractivity contribution < 1.29 is 0 Å². The molecule has 0 aliphatic heterocycles. The van der Waals surface area contributed by atoms with Crippen molar-refractivity contribution in [2.45, 2.75) is 0 Å². The molecule has 63 heavy (non-hydrogen) atoms. The quantitative estimate of drug-likeness (QED) is 0.229. The Morgan fingerprint density at radius 1 is 0.286 bits per heavy atom. The zero-order valence-corrected chi connectivity index (χ0v) is 37.1. The SMILES string of the molecule is Bc1c(B)c(B)c2c(c1B)c1c(B)c(-c3ccc4c(c3)c3cccc(-c5ccccc5)c3n4-c3ccc(-c4ccccc4)cc3)c(B)c(B)c1n2-c1ccc(-c2ccccc2)cc1. The molecule has 0 atom stereocenters. The van der Waals surface area contributed by atoms with Gasteiger partial charge in [-0.25, -0.2) is 0 Å². The Kier molecular flexibility index (Phi) is 9.35. The molecular weight excluding hydrogens is 752 g/mol. The topological polar surface area (TPSA) is 9.86 Å². The van der Waals surface area contributed by atoms with Crippen LogP contribution in [0.1, 0.15) is 0 Å². The molecular formula is C54H43B7N2. The number of nitrogens with zero attached hydrogens (tertiary/aromatic N) is 2. The molecule has 0 saturated heterocycles. The monoisotopic (exact) mass is 796 g/mol. The Balaban J connectivity index is 1.16. The van der Waals surface area contributed by atoms with Crippen LogP contribution < -0.4 is 38.2 Å². The van der Waals surface area contributed by atoms with Gasteiger partial charge < -0.3 is 9.13 Å². The van der Waals surface area contributed by atoms with Crippen molar-refractivity contribution in [3.63, 3.8) is 0 Å². The number of benzene rings is 9. The first-order valence-electron chi connectivity index (χ1n) is 22.2. The van der Waals surface area contributed by atoms with Gasteiger partial charge in [-0.3, -0.25) is 0 Å². The summed E-state index contributed by atoms with van der Waals surface area (Å²) in [5.74, 6) is 0. The van der Waals surface area contributed by atoms with E-state index in [0.29, 0.717) is 0 Å². The number of rotatable bonds is 6. The number of aromatic nitrogens is 2. The molecule has 0 amide bonds. The highest BCUT2D eigenvalue weighted by molar-refractivity contribution is 6.69. The minimum atomic E-state index is 1.15. The van der Waals surface area contributed by atoms with Gasteiger partial charge in [-0.15, -0.1) is 5.46 Å². The summed E-state index contributed by atoms with van der Waals surface area (Å²) in [7, 11) is 16.3. The fourth-order valence-corrected chi connectivity index (χ4v) is 10.6. The maximum atomic E-state index is 2.57. The van der Waals surface area contributed by atoms with Crippen LogP contribution >= 0.6 is 0 Å². The van der Waals surface area contributed by atoms with Gasteiger partial charge in [-0.2, -0.15) is 0 Å². The van der Waals surface area contributed by atoms with Crippen LogP contribution in [0.3, 0.4) is 0 Å². The minimum absolute atomic E-state index is 1.15. The molecule has 11 rings (SSSR count). The highest BCUT2D eigenvalue weighted by Crippen LogP contribution is 2.40. The lowest BCUT2D eigenvalue weighted by atomic mass is 9.64. The van der Waals surface area contributed by atoms with Crippen molar-refractivity contribution in [1.82, 2.24) is 9.13 Å². The van der Waals surface area contributed by atoms with Crippen molar-refractivity contribution >= 4 is 137 Å². The number of hydrogen-bond acceptors (Lipinski definition) is 0. The van der Waals surface area contributed by atoms with Gasteiger partial charge in [0.15, 0.2) is 0 Å². The molecule has 0 aliphatic rings. The minimum Gasteiger partial charge on any atom is -0.310 e. The van der Waals surface area contributed by atoms with Crippen LogP contribution in [0, 0.1) is 0 Å². The second-order valence-corrected chi connectivity index (χ2v) is 17.5. The molecule has 9 heteroatoms. The van der Waals surface area contributed by atoms with Gasteiger partial charge in [0.2, 0.25) is 0 Å². The Hall–Kier alpha value is -6.97. The maximum Gasteiger partial charge on any atom is 0.141 e. The van der Waals surface area contributed by atoms with Gasteiger partial charge in [0, 0.05) is 44.1 Å². The van der Waals surface area contributed by atoms with E-state index in [4.69, 9.17) is 0 Å². The predicted molar refractivity (Wildman–Crippen MR) is 294 cm³/mol. The first-order valence-corrected chi connectivity index (χ1v) is 22.2. The third-order valence-electron chi connectivity index (χ3n) is 14.3. The second kappa shape index (κ2) is 15.1.